The summed E-state index contributed by atoms with van der Waals surface area (Å²) in [6.45, 7) is 1.05. The Bertz CT molecular complexity index is 903. The van der Waals surface area contributed by atoms with Gasteiger partial charge in [0, 0.05) is 39.1 Å². The van der Waals surface area contributed by atoms with Crippen molar-refractivity contribution in [1.82, 2.24) is 29.4 Å². The van der Waals surface area contributed by atoms with Gasteiger partial charge in [0.25, 0.3) is 5.91 Å². The summed E-state index contributed by atoms with van der Waals surface area (Å²) in [5.41, 5.74) is 2.28. The Morgan fingerprint density at radius 1 is 1.23 bits per heavy atom. The summed E-state index contributed by atoms with van der Waals surface area (Å²) in [5, 5.41) is 8.19. The van der Waals surface area contributed by atoms with Crippen LogP contribution in [0.15, 0.2) is 49.1 Å². The minimum atomic E-state index is -0.108. The number of benzene rings is 1. The van der Waals surface area contributed by atoms with Gasteiger partial charge in [0.1, 0.15) is 5.69 Å². The van der Waals surface area contributed by atoms with Crippen LogP contribution in [0, 0.1) is 0 Å². The number of amides is 1. The third kappa shape index (κ3) is 2.88. The highest BCUT2D eigenvalue weighted by Crippen LogP contribution is 2.29. The van der Waals surface area contributed by atoms with Crippen molar-refractivity contribution in [1.29, 1.82) is 0 Å². The van der Waals surface area contributed by atoms with Crippen LogP contribution in [0.3, 0.4) is 0 Å². The van der Waals surface area contributed by atoms with Gasteiger partial charge in [0.2, 0.25) is 0 Å². The second kappa shape index (κ2) is 6.72. The zero-order valence-corrected chi connectivity index (χ0v) is 14.7. The van der Waals surface area contributed by atoms with Crippen LogP contribution in [-0.4, -0.2) is 61.7 Å². The van der Waals surface area contributed by atoms with Crippen LogP contribution < -0.4 is 0 Å². The van der Waals surface area contributed by atoms with E-state index in [1.807, 2.05) is 43.6 Å². The first-order valence-corrected chi connectivity index (χ1v) is 8.43. The van der Waals surface area contributed by atoms with Crippen molar-refractivity contribution >= 4 is 5.91 Å². The Balaban J connectivity index is 1.59. The molecular weight excluding hydrogens is 332 g/mol. The minimum Gasteiger partial charge on any atom is -0.379 e. The molecule has 26 heavy (non-hydrogen) atoms. The molecule has 1 aliphatic rings. The number of rotatable bonds is 4. The molecule has 1 saturated heterocycles. The molecule has 0 bridgehead atoms. The minimum absolute atomic E-state index is 0.00532. The average molecular weight is 352 g/mol. The summed E-state index contributed by atoms with van der Waals surface area (Å²) >= 11 is 0. The second-order valence-electron chi connectivity index (χ2n) is 6.39. The Hall–Kier alpha value is -3.00. The van der Waals surface area contributed by atoms with Crippen LogP contribution in [0.5, 0.6) is 0 Å². The number of aromatic nitrogens is 5. The van der Waals surface area contributed by atoms with Crippen molar-refractivity contribution < 1.29 is 9.53 Å². The van der Waals surface area contributed by atoms with Gasteiger partial charge in [-0.15, -0.1) is 5.10 Å². The summed E-state index contributed by atoms with van der Waals surface area (Å²) in [5.74, 6) is -0.0643. The number of ether oxygens (including phenoxy) is 1. The predicted octanol–water partition coefficient (Wildman–Crippen LogP) is 1.26. The van der Waals surface area contributed by atoms with Crippen molar-refractivity contribution in [2.75, 3.05) is 20.2 Å². The molecule has 1 aromatic carbocycles. The maximum atomic E-state index is 13.1. The number of methoxy groups -OCH3 is 1. The van der Waals surface area contributed by atoms with E-state index in [4.69, 9.17) is 4.74 Å². The maximum absolute atomic E-state index is 13.1. The molecule has 1 amide bonds. The van der Waals surface area contributed by atoms with E-state index in [9.17, 15) is 4.79 Å². The van der Waals surface area contributed by atoms with E-state index in [1.165, 1.54) is 0 Å². The largest absolute Gasteiger partial charge is 0.379 e. The van der Waals surface area contributed by atoms with E-state index in [-0.39, 0.29) is 17.9 Å². The first-order chi connectivity index (χ1) is 12.7. The fraction of sp³-hybridized carbons (Fsp3) is 0.333. The Labute approximate surface area is 151 Å². The van der Waals surface area contributed by atoms with E-state index in [2.05, 4.69) is 15.3 Å². The first-order valence-electron chi connectivity index (χ1n) is 8.43. The van der Waals surface area contributed by atoms with Gasteiger partial charge in [-0.2, -0.15) is 0 Å². The zero-order chi connectivity index (χ0) is 18.1. The molecule has 4 rings (SSSR count). The van der Waals surface area contributed by atoms with Crippen LogP contribution in [0.4, 0.5) is 0 Å². The topological polar surface area (TPSA) is 78.1 Å². The van der Waals surface area contributed by atoms with Crippen LogP contribution in [0.1, 0.15) is 22.1 Å². The van der Waals surface area contributed by atoms with Crippen molar-refractivity contribution in [2.45, 2.75) is 12.0 Å². The number of likely N-dealkylation sites (tertiary alicyclic amines) is 1. The first kappa shape index (κ1) is 16.5. The molecule has 2 atom stereocenters. The van der Waals surface area contributed by atoms with Crippen LogP contribution in [-0.2, 0) is 11.8 Å². The van der Waals surface area contributed by atoms with E-state index >= 15 is 0 Å². The van der Waals surface area contributed by atoms with Crippen molar-refractivity contribution in [3.05, 3.63) is 60.4 Å². The molecule has 3 heterocycles. The Morgan fingerprint density at radius 3 is 2.73 bits per heavy atom. The molecule has 8 heteroatoms. The molecule has 1 fully saturated rings. The highest BCUT2D eigenvalue weighted by molar-refractivity contribution is 5.93. The van der Waals surface area contributed by atoms with Crippen molar-refractivity contribution in [3.63, 3.8) is 0 Å². The number of nitrogens with zero attached hydrogens (tertiary/aromatic N) is 6. The molecule has 2 aromatic heterocycles. The fourth-order valence-corrected chi connectivity index (χ4v) is 3.41. The Morgan fingerprint density at radius 2 is 2.04 bits per heavy atom. The van der Waals surface area contributed by atoms with Gasteiger partial charge in [-0.05, 0) is 12.1 Å². The lowest BCUT2D eigenvalue weighted by Crippen LogP contribution is -2.31. The van der Waals surface area contributed by atoms with Gasteiger partial charge in [-0.1, -0.05) is 23.4 Å². The lowest BCUT2D eigenvalue weighted by Gasteiger charge is -2.17. The molecule has 0 radical (unpaired) electrons. The molecule has 1 aliphatic heterocycles. The van der Waals surface area contributed by atoms with Gasteiger partial charge in [-0.3, -0.25) is 14.0 Å². The molecular formula is C18H20N6O2. The normalized spacial score (nSPS) is 19.8. The van der Waals surface area contributed by atoms with E-state index in [0.717, 1.165) is 11.4 Å². The molecule has 0 spiro atoms. The monoisotopic (exact) mass is 352 g/mol. The molecule has 8 nitrogen and oxygen atoms in total. The summed E-state index contributed by atoms with van der Waals surface area (Å²) in [7, 11) is 3.49. The number of aryl methyl sites for hydroxylation is 1. The van der Waals surface area contributed by atoms with Crippen molar-refractivity contribution in [3.8, 4) is 5.69 Å². The number of hydrogen-bond donors (Lipinski definition) is 0. The highest BCUT2D eigenvalue weighted by atomic mass is 16.5. The van der Waals surface area contributed by atoms with Gasteiger partial charge in [-0.25, -0.2) is 4.98 Å². The summed E-state index contributed by atoms with van der Waals surface area (Å²) in [6, 6.07) is 9.71. The van der Waals surface area contributed by atoms with Gasteiger partial charge >= 0.3 is 0 Å². The Kier molecular flexibility index (Phi) is 4.26. The molecule has 134 valence electrons. The molecule has 3 aromatic rings. The van der Waals surface area contributed by atoms with Crippen LogP contribution in [0.2, 0.25) is 0 Å². The lowest BCUT2D eigenvalue weighted by molar-refractivity contribution is 0.0707. The predicted molar refractivity (Wildman–Crippen MR) is 94.0 cm³/mol. The lowest BCUT2D eigenvalue weighted by atomic mass is 10.0. The maximum Gasteiger partial charge on any atom is 0.272 e. The summed E-state index contributed by atoms with van der Waals surface area (Å²) in [4.78, 5) is 19.1. The molecule has 0 saturated carbocycles. The zero-order valence-electron chi connectivity index (χ0n) is 14.7. The number of hydrogen-bond acceptors (Lipinski definition) is 5. The molecule has 0 aliphatic carbocycles. The van der Waals surface area contributed by atoms with Gasteiger partial charge in [0.05, 0.1) is 30.2 Å². The third-order valence-electron chi connectivity index (χ3n) is 4.75. The van der Waals surface area contributed by atoms with E-state index in [1.54, 1.807) is 33.8 Å². The smallest absolute Gasteiger partial charge is 0.272 e. The fourth-order valence-electron chi connectivity index (χ4n) is 3.41. The number of carbonyl (C=O) groups is 1. The SMILES string of the molecule is CO[C@@H]1CN(C(=O)c2cncn2-c2ccccc2)C[C@H]1c1cn(C)nn1. The highest BCUT2D eigenvalue weighted by Gasteiger charge is 2.39. The van der Waals surface area contributed by atoms with Crippen molar-refractivity contribution in [2.24, 2.45) is 7.05 Å². The summed E-state index contributed by atoms with van der Waals surface area (Å²) < 4.78 is 9.08. The van der Waals surface area contributed by atoms with E-state index in [0.29, 0.717) is 18.8 Å². The van der Waals surface area contributed by atoms with Crippen LogP contribution in [0.25, 0.3) is 5.69 Å². The average Bonchev–Trinajstić information content (AvgIpc) is 3.40. The molecule has 0 unspecified atom stereocenters. The number of para-hydroxylation sites is 1. The second-order valence-corrected chi connectivity index (χ2v) is 6.39. The van der Waals surface area contributed by atoms with Gasteiger partial charge in [0.15, 0.2) is 0 Å². The van der Waals surface area contributed by atoms with Crippen LogP contribution >= 0.6 is 0 Å². The quantitative estimate of drug-likeness (QED) is 0.706. The third-order valence-corrected chi connectivity index (χ3v) is 4.75. The standard InChI is InChI=1S/C18H20N6O2/c1-22-10-15(20-21-22)14-9-23(11-17(14)26-2)18(25)16-8-19-12-24(16)13-6-4-3-5-7-13/h3-8,10,12,14,17H,9,11H2,1-2H3/t14-,17+/m0/s1. The number of carbonyl (C=O) groups excluding carboxylic acids is 1. The van der Waals surface area contributed by atoms with E-state index < -0.39 is 0 Å². The van der Waals surface area contributed by atoms with Gasteiger partial charge < -0.3 is 9.64 Å². The molecule has 0 N–H and O–H groups in total. The summed E-state index contributed by atoms with van der Waals surface area (Å²) in [6.07, 6.45) is 5.03. The number of imidazole rings is 1.